The van der Waals surface area contributed by atoms with E-state index in [4.69, 9.17) is 29.1 Å². The van der Waals surface area contributed by atoms with Crippen molar-refractivity contribution in [2.24, 2.45) is 0 Å². The van der Waals surface area contributed by atoms with Crippen LogP contribution in [0.1, 0.15) is 96.8 Å². The zero-order valence-electron chi connectivity index (χ0n) is 17.2. The largest absolute Gasteiger partial charge is 0.466 e. The first-order valence-corrected chi connectivity index (χ1v) is 12.1. The Kier molecular flexibility index (Phi) is 25.6. The lowest BCUT2D eigenvalue weighted by molar-refractivity contribution is 0.0895. The first kappa shape index (κ1) is 29.0. The Balaban J connectivity index is 0. The van der Waals surface area contributed by atoms with Crippen LogP contribution in [-0.4, -0.2) is 39.6 Å². The highest BCUT2D eigenvalue weighted by atomic mass is 31.2. The summed E-state index contributed by atoms with van der Waals surface area (Å²) in [5.41, 5.74) is 0. The molecule has 4 N–H and O–H groups in total. The molecule has 0 saturated heterocycles. The van der Waals surface area contributed by atoms with Gasteiger partial charge in [0, 0.05) is 6.61 Å². The molecular formula is C20H43O6P. The number of rotatable bonds is 18. The number of aliphatic hydroxyl groups excluding tert-OH is 1. The maximum absolute atomic E-state index is 8.88. The fourth-order valence-corrected chi connectivity index (χ4v) is 2.62. The lowest BCUT2D eigenvalue weighted by atomic mass is 10.1. The van der Waals surface area contributed by atoms with E-state index < -0.39 is 7.82 Å². The van der Waals surface area contributed by atoms with Crippen molar-refractivity contribution in [2.75, 3.05) is 19.8 Å². The van der Waals surface area contributed by atoms with E-state index >= 15 is 0 Å². The van der Waals surface area contributed by atoms with Crippen molar-refractivity contribution in [2.45, 2.75) is 96.8 Å². The molecule has 0 saturated carbocycles. The van der Waals surface area contributed by atoms with Crippen molar-refractivity contribution < 1.29 is 29.1 Å². The third kappa shape index (κ3) is 41.3. The van der Waals surface area contributed by atoms with E-state index in [0.29, 0.717) is 6.61 Å². The van der Waals surface area contributed by atoms with Crippen LogP contribution in [0.2, 0.25) is 0 Å². The summed E-state index contributed by atoms with van der Waals surface area (Å²) in [5.74, 6) is 0. The monoisotopic (exact) mass is 410 g/mol. The molecule has 0 aromatic heterocycles. The third-order valence-corrected chi connectivity index (χ3v) is 4.04. The van der Waals surface area contributed by atoms with Gasteiger partial charge < -0.3 is 24.5 Å². The highest BCUT2D eigenvalue weighted by Crippen LogP contribution is 2.25. The van der Waals surface area contributed by atoms with Crippen LogP contribution in [0, 0.1) is 0 Å². The summed E-state index contributed by atoms with van der Waals surface area (Å²) in [7, 11) is -4.64. The van der Waals surface area contributed by atoms with E-state index in [9.17, 15) is 0 Å². The second kappa shape index (κ2) is 23.8. The number of aliphatic hydroxyl groups is 1. The number of ether oxygens (including phenoxy) is 1. The molecule has 0 radical (unpaired) electrons. The molecule has 0 rings (SSSR count). The minimum Gasteiger partial charge on any atom is -0.394 e. The van der Waals surface area contributed by atoms with Gasteiger partial charge in [-0.05, 0) is 32.1 Å². The molecule has 0 aromatic carbocycles. The van der Waals surface area contributed by atoms with E-state index in [2.05, 4.69) is 19.1 Å². The topological polar surface area (TPSA) is 107 Å². The Hall–Kier alpha value is -0.230. The maximum atomic E-state index is 8.88. The molecule has 164 valence electrons. The molecular weight excluding hydrogens is 367 g/mol. The minimum atomic E-state index is -4.64. The van der Waals surface area contributed by atoms with Gasteiger partial charge in [-0.15, -0.1) is 0 Å². The Bertz CT molecular complexity index is 335. The zero-order valence-corrected chi connectivity index (χ0v) is 18.1. The van der Waals surface area contributed by atoms with Crippen molar-refractivity contribution in [1.29, 1.82) is 0 Å². The predicted molar refractivity (Wildman–Crippen MR) is 112 cm³/mol. The van der Waals surface area contributed by atoms with Gasteiger partial charge >= 0.3 is 7.82 Å². The van der Waals surface area contributed by atoms with Gasteiger partial charge in [-0.3, -0.25) is 0 Å². The molecule has 6 nitrogen and oxygen atoms in total. The van der Waals surface area contributed by atoms with Gasteiger partial charge in [0.25, 0.3) is 0 Å². The van der Waals surface area contributed by atoms with Crippen molar-refractivity contribution in [1.82, 2.24) is 0 Å². The summed E-state index contributed by atoms with van der Waals surface area (Å²) in [6, 6.07) is 0. The molecule has 0 unspecified atom stereocenters. The number of phosphoric acid groups is 1. The van der Waals surface area contributed by atoms with Crippen LogP contribution >= 0.6 is 7.82 Å². The first-order valence-electron chi connectivity index (χ1n) is 10.5. The highest BCUT2D eigenvalue weighted by Gasteiger charge is 2.00. The number of allylic oxidation sites excluding steroid dienone is 2. The first-order chi connectivity index (χ1) is 12.9. The van der Waals surface area contributed by atoms with Gasteiger partial charge in [-0.25, -0.2) is 4.57 Å². The van der Waals surface area contributed by atoms with Crippen molar-refractivity contribution in [3.8, 4) is 0 Å². The summed E-state index contributed by atoms with van der Waals surface area (Å²) in [6.07, 6.45) is 23.5. The normalized spacial score (nSPS) is 11.6. The molecule has 0 aromatic rings. The van der Waals surface area contributed by atoms with Gasteiger partial charge in [0.2, 0.25) is 0 Å². The Morgan fingerprint density at radius 2 is 1.11 bits per heavy atom. The van der Waals surface area contributed by atoms with E-state index in [1.54, 1.807) is 0 Å². The predicted octanol–water partition coefficient (Wildman–Crippen LogP) is 5.10. The fourth-order valence-electron chi connectivity index (χ4n) is 2.62. The van der Waals surface area contributed by atoms with Crippen LogP contribution in [0.3, 0.4) is 0 Å². The van der Waals surface area contributed by atoms with Gasteiger partial charge in [-0.2, -0.15) is 0 Å². The molecule has 0 aliphatic rings. The van der Waals surface area contributed by atoms with E-state index in [1.807, 2.05) is 0 Å². The lowest BCUT2D eigenvalue weighted by Gasteiger charge is -2.02. The number of unbranched alkanes of at least 4 members (excludes halogenated alkanes) is 12. The molecule has 0 bridgehead atoms. The zero-order chi connectivity index (χ0) is 20.6. The molecule has 27 heavy (non-hydrogen) atoms. The van der Waals surface area contributed by atoms with Crippen LogP contribution in [-0.2, 0) is 9.30 Å². The third-order valence-electron chi connectivity index (χ3n) is 4.04. The van der Waals surface area contributed by atoms with Crippen LogP contribution in [0.25, 0.3) is 0 Å². The van der Waals surface area contributed by atoms with Gasteiger partial charge in [0.15, 0.2) is 0 Å². The summed E-state index contributed by atoms with van der Waals surface area (Å²) >= 11 is 0. The maximum Gasteiger partial charge on any atom is 0.466 e. The smallest absolute Gasteiger partial charge is 0.394 e. The second-order valence-electron chi connectivity index (χ2n) is 6.79. The molecule has 0 atom stereocenters. The molecule has 0 amide bonds. The molecule has 0 aliphatic heterocycles. The quantitative estimate of drug-likeness (QED) is 0.142. The standard InChI is InChI=1S/C20H40O2.H3O4P/c1-2-3-4-5-6-7-8-9-10-11-12-13-14-15-16-17-19-22-20-18-21;1-5(2,3)4/h9-10,21H,2-8,11-20H2,1H3;(H3,1,2,3,4). The minimum absolute atomic E-state index is 0.145. The second-order valence-corrected chi connectivity index (χ2v) is 7.81. The average molecular weight is 411 g/mol. The van der Waals surface area contributed by atoms with Gasteiger partial charge in [-0.1, -0.05) is 76.9 Å². The van der Waals surface area contributed by atoms with Gasteiger partial charge in [0.05, 0.1) is 13.2 Å². The highest BCUT2D eigenvalue weighted by molar-refractivity contribution is 7.45. The van der Waals surface area contributed by atoms with Crippen molar-refractivity contribution >= 4 is 7.82 Å². The molecule has 0 heterocycles. The lowest BCUT2D eigenvalue weighted by Crippen LogP contribution is -2.00. The molecule has 0 spiro atoms. The Labute approximate surface area is 166 Å². The molecule has 7 heteroatoms. The SMILES string of the molecule is CCCCCCCCC=CCCCCCCCCOCCO.O=P(O)(O)O. The molecule has 0 fully saturated rings. The van der Waals surface area contributed by atoms with E-state index in [0.717, 1.165) is 13.0 Å². The van der Waals surface area contributed by atoms with Crippen molar-refractivity contribution in [3.05, 3.63) is 12.2 Å². The summed E-state index contributed by atoms with van der Waals surface area (Å²) in [4.78, 5) is 21.6. The molecule has 0 aliphatic carbocycles. The van der Waals surface area contributed by atoms with Crippen molar-refractivity contribution in [3.63, 3.8) is 0 Å². The average Bonchev–Trinajstić information content (AvgIpc) is 2.59. The van der Waals surface area contributed by atoms with Gasteiger partial charge in [0.1, 0.15) is 0 Å². The van der Waals surface area contributed by atoms with E-state index in [1.165, 1.54) is 83.5 Å². The van der Waals surface area contributed by atoms with Crippen LogP contribution in [0.5, 0.6) is 0 Å². The van der Waals surface area contributed by atoms with E-state index in [-0.39, 0.29) is 6.61 Å². The summed E-state index contributed by atoms with van der Waals surface area (Å²) < 4.78 is 14.1. The van der Waals surface area contributed by atoms with Crippen LogP contribution in [0.15, 0.2) is 12.2 Å². The van der Waals surface area contributed by atoms with Crippen LogP contribution < -0.4 is 0 Å². The Morgan fingerprint density at radius 1 is 0.704 bits per heavy atom. The number of hydrogen-bond acceptors (Lipinski definition) is 3. The Morgan fingerprint density at radius 3 is 1.56 bits per heavy atom. The number of hydrogen-bond donors (Lipinski definition) is 4. The summed E-state index contributed by atoms with van der Waals surface area (Å²) in [6.45, 7) is 3.72. The van der Waals surface area contributed by atoms with Crippen LogP contribution in [0.4, 0.5) is 0 Å². The fraction of sp³-hybridized carbons (Fsp3) is 0.900. The summed E-state index contributed by atoms with van der Waals surface area (Å²) in [5, 5.41) is 8.57.